The number of aliphatic hydroxyl groups is 1. The van der Waals surface area contributed by atoms with Crippen LogP contribution >= 0.6 is 0 Å². The minimum Gasteiger partial charge on any atom is -0.490 e. The number of fused-ring (bicyclic) bond motifs is 1. The minimum atomic E-state index is -1.14. The van der Waals surface area contributed by atoms with Gasteiger partial charge in [0, 0.05) is 5.92 Å². The largest absolute Gasteiger partial charge is 0.490 e. The van der Waals surface area contributed by atoms with E-state index >= 15 is 0 Å². The molecule has 0 saturated heterocycles. The maximum atomic E-state index is 12.6. The lowest BCUT2D eigenvalue weighted by atomic mass is 9.86. The SMILES string of the molecule is CC.Cc1nc2cccc(OCC(C)(C)NC(=O)C3CCC(O)CC3)c2c(N)c1C(=O)O. The zero-order chi connectivity index (χ0) is 24.1. The number of aliphatic hydroxyl groups excluding tert-OH is 1. The van der Waals surface area contributed by atoms with Crippen LogP contribution in [0.2, 0.25) is 0 Å². The summed E-state index contributed by atoms with van der Waals surface area (Å²) in [5.74, 6) is -0.868. The van der Waals surface area contributed by atoms with E-state index in [1.165, 1.54) is 0 Å². The van der Waals surface area contributed by atoms with Crippen LogP contribution in [0.3, 0.4) is 0 Å². The van der Waals surface area contributed by atoms with Gasteiger partial charge in [0.05, 0.1) is 33.9 Å². The van der Waals surface area contributed by atoms with Crippen molar-refractivity contribution in [1.82, 2.24) is 10.3 Å². The summed E-state index contributed by atoms with van der Waals surface area (Å²) in [6.07, 6.45) is 2.32. The zero-order valence-corrected chi connectivity index (χ0v) is 19.6. The number of ether oxygens (including phenoxy) is 1. The van der Waals surface area contributed by atoms with E-state index in [4.69, 9.17) is 10.5 Å². The molecule has 2 aromatic rings. The van der Waals surface area contributed by atoms with Gasteiger partial charge in [0.1, 0.15) is 17.9 Å². The number of aromatic nitrogens is 1. The average Bonchev–Trinajstić information content (AvgIpc) is 2.73. The first-order valence-corrected chi connectivity index (χ1v) is 11.1. The molecule has 32 heavy (non-hydrogen) atoms. The summed E-state index contributed by atoms with van der Waals surface area (Å²) in [6.45, 7) is 9.50. The number of carboxylic acids is 1. The summed E-state index contributed by atoms with van der Waals surface area (Å²) in [4.78, 5) is 28.5. The Labute approximate surface area is 189 Å². The van der Waals surface area contributed by atoms with Gasteiger partial charge in [-0.1, -0.05) is 19.9 Å². The summed E-state index contributed by atoms with van der Waals surface area (Å²) in [6, 6.07) is 5.23. The standard InChI is InChI=1S/C22H29N3O5.C2H6/c1-12-17(21(28)29)19(23)18-15(24-12)5-4-6-16(18)30-11-22(2,3)25-20(27)13-7-9-14(26)10-8-13;1-2/h4-6,13-14,26H,7-11H2,1-3H3,(H2,23,24)(H,25,27)(H,28,29);1-2H3. The van der Waals surface area contributed by atoms with Gasteiger partial charge in [-0.3, -0.25) is 9.78 Å². The fourth-order valence-electron chi connectivity index (χ4n) is 3.90. The monoisotopic (exact) mass is 445 g/mol. The van der Waals surface area contributed by atoms with Crippen LogP contribution in [0.15, 0.2) is 18.2 Å². The maximum absolute atomic E-state index is 12.6. The molecular weight excluding hydrogens is 410 g/mol. The molecule has 8 heteroatoms. The number of carbonyl (C=O) groups excluding carboxylic acids is 1. The summed E-state index contributed by atoms with van der Waals surface area (Å²) < 4.78 is 5.98. The summed E-state index contributed by atoms with van der Waals surface area (Å²) >= 11 is 0. The Balaban J connectivity index is 0.00000176. The third kappa shape index (κ3) is 5.88. The fourth-order valence-corrected chi connectivity index (χ4v) is 3.90. The number of aromatic carboxylic acids is 1. The van der Waals surface area contributed by atoms with E-state index in [0.29, 0.717) is 48.0 Å². The van der Waals surface area contributed by atoms with E-state index < -0.39 is 11.5 Å². The van der Waals surface area contributed by atoms with Crippen LogP contribution in [0.1, 0.15) is 69.4 Å². The smallest absolute Gasteiger partial charge is 0.339 e. The molecule has 0 radical (unpaired) electrons. The lowest BCUT2D eigenvalue weighted by Crippen LogP contribution is -2.50. The van der Waals surface area contributed by atoms with Gasteiger partial charge in [-0.2, -0.15) is 0 Å². The lowest BCUT2D eigenvalue weighted by Gasteiger charge is -2.31. The van der Waals surface area contributed by atoms with Crippen LogP contribution in [0.5, 0.6) is 5.75 Å². The number of hydrogen-bond donors (Lipinski definition) is 4. The van der Waals surface area contributed by atoms with Gasteiger partial charge >= 0.3 is 5.97 Å². The van der Waals surface area contributed by atoms with Crippen LogP contribution in [0.25, 0.3) is 10.9 Å². The quantitative estimate of drug-likeness (QED) is 0.533. The zero-order valence-electron chi connectivity index (χ0n) is 19.6. The van der Waals surface area contributed by atoms with Crippen molar-refractivity contribution >= 4 is 28.5 Å². The third-order valence-electron chi connectivity index (χ3n) is 5.52. The number of nitrogens with two attached hydrogens (primary N) is 1. The highest BCUT2D eigenvalue weighted by atomic mass is 16.5. The second-order valence-corrected chi connectivity index (χ2v) is 8.61. The highest BCUT2D eigenvalue weighted by Gasteiger charge is 2.30. The van der Waals surface area contributed by atoms with E-state index in [-0.39, 0.29) is 35.8 Å². The Morgan fingerprint density at radius 1 is 1.22 bits per heavy atom. The molecule has 1 aromatic carbocycles. The summed E-state index contributed by atoms with van der Waals surface area (Å²) in [7, 11) is 0. The average molecular weight is 446 g/mol. The molecule has 176 valence electrons. The van der Waals surface area contributed by atoms with E-state index in [1.807, 2.05) is 27.7 Å². The molecule has 0 spiro atoms. The van der Waals surface area contributed by atoms with Gasteiger partial charge < -0.3 is 26.0 Å². The molecule has 1 aromatic heterocycles. The predicted octanol–water partition coefficient (Wildman–Crippen LogP) is 3.67. The van der Waals surface area contributed by atoms with Gasteiger partial charge in [-0.05, 0) is 58.6 Å². The Hall–Kier alpha value is -2.87. The molecule has 0 aliphatic heterocycles. The van der Waals surface area contributed by atoms with Crippen LogP contribution in [0.4, 0.5) is 5.69 Å². The molecule has 1 aliphatic rings. The number of pyridine rings is 1. The highest BCUT2D eigenvalue weighted by molar-refractivity contribution is 6.06. The Morgan fingerprint density at radius 3 is 2.44 bits per heavy atom. The number of amides is 1. The molecule has 1 heterocycles. The molecule has 1 amide bonds. The van der Waals surface area contributed by atoms with Crippen LogP contribution in [-0.4, -0.2) is 45.3 Å². The fraction of sp³-hybridized carbons (Fsp3) is 0.542. The number of carbonyl (C=O) groups is 2. The predicted molar refractivity (Wildman–Crippen MR) is 125 cm³/mol. The number of nitrogen functional groups attached to an aromatic ring is 1. The molecule has 0 unspecified atom stereocenters. The third-order valence-corrected chi connectivity index (χ3v) is 5.52. The molecule has 0 atom stereocenters. The topological polar surface area (TPSA) is 135 Å². The molecule has 3 rings (SSSR count). The number of aryl methyl sites for hydroxylation is 1. The Bertz CT molecular complexity index is 966. The first-order valence-electron chi connectivity index (χ1n) is 11.1. The van der Waals surface area contributed by atoms with Gasteiger partial charge in [-0.25, -0.2) is 4.79 Å². The molecule has 1 saturated carbocycles. The van der Waals surface area contributed by atoms with Gasteiger partial charge in [0.25, 0.3) is 0 Å². The van der Waals surface area contributed by atoms with E-state index in [1.54, 1.807) is 25.1 Å². The lowest BCUT2D eigenvalue weighted by molar-refractivity contribution is -0.128. The molecule has 0 bridgehead atoms. The second-order valence-electron chi connectivity index (χ2n) is 8.61. The van der Waals surface area contributed by atoms with E-state index in [9.17, 15) is 19.8 Å². The number of nitrogens with one attached hydrogen (secondary N) is 1. The van der Waals surface area contributed by atoms with E-state index in [0.717, 1.165) is 0 Å². The molecular formula is C24H35N3O5. The summed E-state index contributed by atoms with van der Waals surface area (Å²) in [5, 5.41) is 22.6. The first-order chi connectivity index (χ1) is 15.1. The first kappa shape index (κ1) is 25.4. The van der Waals surface area contributed by atoms with Crippen molar-refractivity contribution in [3.63, 3.8) is 0 Å². The molecule has 5 N–H and O–H groups in total. The van der Waals surface area contributed by atoms with E-state index in [2.05, 4.69) is 10.3 Å². The molecule has 8 nitrogen and oxygen atoms in total. The van der Waals surface area contributed by atoms with Crippen LogP contribution < -0.4 is 15.8 Å². The maximum Gasteiger partial charge on any atom is 0.339 e. The van der Waals surface area contributed by atoms with Gasteiger partial charge in [-0.15, -0.1) is 0 Å². The van der Waals surface area contributed by atoms with Crippen molar-refractivity contribution in [3.8, 4) is 5.75 Å². The number of benzene rings is 1. The van der Waals surface area contributed by atoms with Crippen molar-refractivity contribution in [2.75, 3.05) is 12.3 Å². The van der Waals surface area contributed by atoms with Gasteiger partial charge in [0.15, 0.2) is 0 Å². The molecule has 1 aliphatic carbocycles. The minimum absolute atomic E-state index is 0.0365. The van der Waals surface area contributed by atoms with Crippen molar-refractivity contribution < 1.29 is 24.5 Å². The van der Waals surface area contributed by atoms with Crippen molar-refractivity contribution in [2.45, 2.75) is 71.9 Å². The number of hydrogen-bond acceptors (Lipinski definition) is 6. The van der Waals surface area contributed by atoms with Crippen molar-refractivity contribution in [1.29, 1.82) is 0 Å². The highest BCUT2D eigenvalue weighted by Crippen LogP contribution is 2.34. The number of nitrogens with zero attached hydrogens (tertiary/aromatic N) is 1. The summed E-state index contributed by atoms with van der Waals surface area (Å²) in [5.41, 5.74) is 6.48. The normalized spacial score (nSPS) is 18.4. The molecule has 1 fully saturated rings. The van der Waals surface area contributed by atoms with Gasteiger partial charge in [0.2, 0.25) is 5.91 Å². The van der Waals surface area contributed by atoms with Crippen molar-refractivity contribution in [2.24, 2.45) is 5.92 Å². The Kier molecular flexibility index (Phi) is 8.44. The number of rotatable bonds is 6. The Morgan fingerprint density at radius 2 is 1.84 bits per heavy atom. The number of carboxylic acid groups (broad SMARTS) is 1. The van der Waals surface area contributed by atoms with Crippen molar-refractivity contribution in [3.05, 3.63) is 29.5 Å². The van der Waals surface area contributed by atoms with Crippen LogP contribution in [0, 0.1) is 12.8 Å². The van der Waals surface area contributed by atoms with Crippen LogP contribution in [-0.2, 0) is 4.79 Å². The number of anilines is 1. The second kappa shape index (κ2) is 10.6.